The third-order valence-electron chi connectivity index (χ3n) is 1.98. The van der Waals surface area contributed by atoms with Crippen LogP contribution in [0.15, 0.2) is 4.79 Å². The average Bonchev–Trinajstić information content (AvgIpc) is 2.27. The van der Waals surface area contributed by atoms with Crippen molar-refractivity contribution in [3.63, 3.8) is 0 Å². The molecule has 0 saturated carbocycles. The summed E-state index contributed by atoms with van der Waals surface area (Å²) in [5, 5.41) is 0. The summed E-state index contributed by atoms with van der Waals surface area (Å²) in [6.45, 7) is 0. The Morgan fingerprint density at radius 1 is 1.54 bits per heavy atom. The van der Waals surface area contributed by atoms with E-state index in [2.05, 4.69) is 15.0 Å². The van der Waals surface area contributed by atoms with E-state index >= 15 is 0 Å². The quantitative estimate of drug-likeness (QED) is 0.435. The van der Waals surface area contributed by atoms with E-state index in [-0.39, 0.29) is 11.5 Å². The van der Waals surface area contributed by atoms with Gasteiger partial charge in [0.1, 0.15) is 0 Å². The molecule has 0 atom stereocenters. The number of nitrogens with zero attached hydrogens (tertiary/aromatic N) is 3. The molecule has 2 rings (SSSR count). The highest BCUT2D eigenvalue weighted by molar-refractivity contribution is 6.30. The van der Waals surface area contributed by atoms with Crippen molar-refractivity contribution >= 4 is 30.7 Å². The lowest BCUT2D eigenvalue weighted by Gasteiger charge is -1.95. The maximum Gasteiger partial charge on any atom is 0.278 e. The summed E-state index contributed by atoms with van der Waals surface area (Å²) >= 11 is 0. The number of rotatable bonds is 0. The summed E-state index contributed by atoms with van der Waals surface area (Å²) in [5.74, 6) is 0.0931. The zero-order valence-electron chi connectivity index (χ0n) is 7.33. The van der Waals surface area contributed by atoms with Gasteiger partial charge in [0.15, 0.2) is 19.0 Å². The van der Waals surface area contributed by atoms with Crippen molar-refractivity contribution in [2.24, 2.45) is 7.05 Å². The van der Waals surface area contributed by atoms with Gasteiger partial charge in [-0.3, -0.25) is 9.78 Å². The van der Waals surface area contributed by atoms with Crippen LogP contribution in [0.4, 0.5) is 5.95 Å². The minimum absolute atomic E-state index is 0.0931. The van der Waals surface area contributed by atoms with Gasteiger partial charge in [-0.05, 0) is 0 Å². The molecule has 0 saturated heterocycles. The summed E-state index contributed by atoms with van der Waals surface area (Å²) in [5.41, 5.74) is 6.68. The molecule has 13 heavy (non-hydrogen) atoms. The molecule has 2 aromatic heterocycles. The average molecular weight is 177 g/mol. The molecular weight excluding hydrogens is 169 g/mol. The minimum atomic E-state index is -0.259. The Hall–Kier alpha value is -1.79. The van der Waals surface area contributed by atoms with Gasteiger partial charge in [0, 0.05) is 7.05 Å². The monoisotopic (exact) mass is 177 g/mol. The van der Waals surface area contributed by atoms with Crippen molar-refractivity contribution in [1.29, 1.82) is 0 Å². The lowest BCUT2D eigenvalue weighted by atomic mass is 10.1. The predicted molar refractivity (Wildman–Crippen MR) is 51.7 cm³/mol. The number of fused-ring (bicyclic) bond motifs is 1. The SMILES string of the molecule is Bc1nc2nc(N)[nH]c(=O)c2n1C. The fourth-order valence-electron chi connectivity index (χ4n) is 1.24. The van der Waals surface area contributed by atoms with Crippen LogP contribution in [0.25, 0.3) is 11.2 Å². The number of nitrogen functional groups attached to an aromatic ring is 1. The second-order valence-corrected chi connectivity index (χ2v) is 2.84. The number of aryl methyl sites for hydroxylation is 1. The van der Waals surface area contributed by atoms with Crippen molar-refractivity contribution in [3.8, 4) is 0 Å². The molecule has 0 spiro atoms. The number of nitrogens with one attached hydrogen (secondary N) is 1. The van der Waals surface area contributed by atoms with E-state index in [1.165, 1.54) is 0 Å². The first-order valence-electron chi connectivity index (χ1n) is 3.78. The van der Waals surface area contributed by atoms with Crippen molar-refractivity contribution < 1.29 is 0 Å². The van der Waals surface area contributed by atoms with Crippen molar-refractivity contribution in [2.75, 3.05) is 5.73 Å². The second kappa shape index (κ2) is 2.35. The molecule has 0 fully saturated rings. The molecule has 66 valence electrons. The van der Waals surface area contributed by atoms with Crippen LogP contribution >= 0.6 is 0 Å². The number of imidazole rings is 1. The van der Waals surface area contributed by atoms with Gasteiger partial charge >= 0.3 is 0 Å². The van der Waals surface area contributed by atoms with E-state index in [1.807, 2.05) is 0 Å². The number of anilines is 1. The lowest BCUT2D eigenvalue weighted by molar-refractivity contribution is 0.976. The number of aromatic nitrogens is 4. The smallest absolute Gasteiger partial charge is 0.278 e. The lowest BCUT2D eigenvalue weighted by Crippen LogP contribution is -2.19. The molecule has 0 aliphatic carbocycles. The zero-order chi connectivity index (χ0) is 9.59. The molecule has 0 aromatic carbocycles. The van der Waals surface area contributed by atoms with Crippen molar-refractivity contribution in [2.45, 2.75) is 0 Å². The Balaban J connectivity index is 3.03. The number of hydrogen-bond acceptors (Lipinski definition) is 4. The van der Waals surface area contributed by atoms with E-state index in [9.17, 15) is 4.79 Å². The summed E-state index contributed by atoms with van der Waals surface area (Å²) in [6, 6.07) is 0. The Labute approximate surface area is 74.2 Å². The van der Waals surface area contributed by atoms with Crippen molar-refractivity contribution in [3.05, 3.63) is 10.4 Å². The van der Waals surface area contributed by atoms with Crippen LogP contribution < -0.4 is 17.0 Å². The van der Waals surface area contributed by atoms with Gasteiger partial charge < -0.3 is 10.3 Å². The van der Waals surface area contributed by atoms with Gasteiger partial charge in [-0.2, -0.15) is 4.98 Å². The summed E-state index contributed by atoms with van der Waals surface area (Å²) < 4.78 is 1.68. The topological polar surface area (TPSA) is 89.6 Å². The molecule has 0 radical (unpaired) electrons. The van der Waals surface area contributed by atoms with E-state index in [4.69, 9.17) is 5.73 Å². The van der Waals surface area contributed by atoms with Crippen LogP contribution in [0.1, 0.15) is 0 Å². The second-order valence-electron chi connectivity index (χ2n) is 2.84. The normalized spacial score (nSPS) is 10.8. The van der Waals surface area contributed by atoms with E-state index in [0.717, 1.165) is 5.72 Å². The molecule has 2 aromatic rings. The summed E-state index contributed by atoms with van der Waals surface area (Å²) in [7, 11) is 3.56. The Morgan fingerprint density at radius 2 is 2.23 bits per heavy atom. The standard InChI is InChI=1S/C6H8BN5O/c1-12-2-3(9-5(12)7)10-6(8)11-4(2)13/h7H2,1H3,(H3,8,10,11,13). The minimum Gasteiger partial charge on any atom is -0.369 e. The van der Waals surface area contributed by atoms with Crippen LogP contribution in [0.3, 0.4) is 0 Å². The van der Waals surface area contributed by atoms with E-state index in [1.54, 1.807) is 19.5 Å². The maximum atomic E-state index is 11.4. The molecular formula is C6H8BN5O. The number of H-pyrrole nitrogens is 1. The van der Waals surface area contributed by atoms with Crippen LogP contribution in [-0.2, 0) is 7.05 Å². The molecule has 0 aliphatic rings. The van der Waals surface area contributed by atoms with E-state index < -0.39 is 0 Å². The Morgan fingerprint density at radius 3 is 2.92 bits per heavy atom. The Bertz CT molecular complexity index is 528. The van der Waals surface area contributed by atoms with Gasteiger partial charge in [0.25, 0.3) is 5.56 Å². The van der Waals surface area contributed by atoms with Gasteiger partial charge in [0.05, 0.1) is 5.72 Å². The van der Waals surface area contributed by atoms with E-state index in [0.29, 0.717) is 11.2 Å². The van der Waals surface area contributed by atoms with Gasteiger partial charge in [0.2, 0.25) is 5.95 Å². The third-order valence-corrected chi connectivity index (χ3v) is 1.98. The molecule has 0 bridgehead atoms. The first kappa shape index (κ1) is 7.84. The number of nitrogens with two attached hydrogens (primary N) is 1. The zero-order valence-corrected chi connectivity index (χ0v) is 7.33. The highest BCUT2D eigenvalue weighted by Gasteiger charge is 2.09. The third kappa shape index (κ3) is 1.00. The summed E-state index contributed by atoms with van der Waals surface area (Å²) in [6.07, 6.45) is 0. The summed E-state index contributed by atoms with van der Waals surface area (Å²) in [4.78, 5) is 21.8. The Kier molecular flexibility index (Phi) is 1.42. The molecule has 0 unspecified atom stereocenters. The van der Waals surface area contributed by atoms with Gasteiger partial charge in [-0.25, -0.2) is 4.98 Å². The molecule has 7 heteroatoms. The molecule has 0 amide bonds. The molecule has 3 N–H and O–H groups in total. The highest BCUT2D eigenvalue weighted by Crippen LogP contribution is 2.00. The van der Waals surface area contributed by atoms with Gasteiger partial charge in [-0.1, -0.05) is 0 Å². The maximum absolute atomic E-state index is 11.4. The molecule has 2 heterocycles. The van der Waals surface area contributed by atoms with Crippen molar-refractivity contribution in [1.82, 2.24) is 19.5 Å². The van der Waals surface area contributed by atoms with Crippen LogP contribution in [-0.4, -0.2) is 27.4 Å². The van der Waals surface area contributed by atoms with Crippen LogP contribution in [0.5, 0.6) is 0 Å². The molecule has 0 aliphatic heterocycles. The predicted octanol–water partition coefficient (Wildman–Crippen LogP) is -2.50. The fourth-order valence-corrected chi connectivity index (χ4v) is 1.24. The van der Waals surface area contributed by atoms with Gasteiger partial charge in [-0.15, -0.1) is 0 Å². The van der Waals surface area contributed by atoms with Crippen LogP contribution in [0, 0.1) is 0 Å². The first-order chi connectivity index (χ1) is 6.09. The number of hydrogen-bond donors (Lipinski definition) is 2. The highest BCUT2D eigenvalue weighted by atomic mass is 16.1. The fraction of sp³-hybridized carbons (Fsp3) is 0.167. The van der Waals surface area contributed by atoms with Crippen LogP contribution in [0.2, 0.25) is 0 Å². The first-order valence-corrected chi connectivity index (χ1v) is 3.78. The molecule has 6 nitrogen and oxygen atoms in total. The number of aromatic amines is 1. The largest absolute Gasteiger partial charge is 0.369 e.